The Kier molecular flexibility index (Phi) is 4.29. The standard InChI is InChI=1S/C20H19NO2/c1-14-7-3-4-8-16(14)11-12-20(22)21-15(2)19-13-17-9-5-6-10-18(17)23-19/h3-13,15H,1-2H3,(H,21,22)/b12-11+/t15-/m1/s1. The fourth-order valence-electron chi connectivity index (χ4n) is 2.49. The molecule has 0 bridgehead atoms. The number of carbonyl (C=O) groups excluding carboxylic acids is 1. The first kappa shape index (κ1) is 15.1. The predicted molar refractivity (Wildman–Crippen MR) is 93.0 cm³/mol. The molecule has 0 radical (unpaired) electrons. The van der Waals surface area contributed by atoms with Crippen LogP contribution in [0.5, 0.6) is 0 Å². The second kappa shape index (κ2) is 6.53. The molecule has 0 saturated carbocycles. The molecule has 0 aliphatic carbocycles. The molecule has 1 heterocycles. The van der Waals surface area contributed by atoms with Crippen LogP contribution >= 0.6 is 0 Å². The van der Waals surface area contributed by atoms with Gasteiger partial charge in [0.1, 0.15) is 11.3 Å². The number of hydrogen-bond donors (Lipinski definition) is 1. The van der Waals surface area contributed by atoms with Crippen molar-refractivity contribution in [3.05, 3.63) is 77.6 Å². The van der Waals surface area contributed by atoms with Crippen LogP contribution in [0.4, 0.5) is 0 Å². The molecule has 3 heteroatoms. The quantitative estimate of drug-likeness (QED) is 0.714. The smallest absolute Gasteiger partial charge is 0.244 e. The van der Waals surface area contributed by atoms with Crippen molar-refractivity contribution in [3.63, 3.8) is 0 Å². The molecule has 1 amide bonds. The lowest BCUT2D eigenvalue weighted by Crippen LogP contribution is -2.24. The summed E-state index contributed by atoms with van der Waals surface area (Å²) in [7, 11) is 0. The molecular formula is C20H19NO2. The molecule has 2 aromatic carbocycles. The number of carbonyl (C=O) groups is 1. The van der Waals surface area contributed by atoms with Crippen molar-refractivity contribution in [1.29, 1.82) is 0 Å². The monoisotopic (exact) mass is 305 g/mol. The molecule has 1 atom stereocenters. The topological polar surface area (TPSA) is 42.2 Å². The number of hydrogen-bond acceptors (Lipinski definition) is 2. The average Bonchev–Trinajstić information content (AvgIpc) is 2.98. The van der Waals surface area contributed by atoms with Gasteiger partial charge in [-0.05, 0) is 43.2 Å². The third-order valence-corrected chi connectivity index (χ3v) is 3.83. The van der Waals surface area contributed by atoms with Gasteiger partial charge in [0.25, 0.3) is 0 Å². The Morgan fingerprint density at radius 2 is 1.87 bits per heavy atom. The highest BCUT2D eigenvalue weighted by Crippen LogP contribution is 2.23. The first-order chi connectivity index (χ1) is 11.1. The van der Waals surface area contributed by atoms with E-state index in [9.17, 15) is 4.79 Å². The summed E-state index contributed by atoms with van der Waals surface area (Å²) in [4.78, 5) is 12.1. The van der Waals surface area contributed by atoms with Crippen LogP contribution in [0.15, 0.2) is 65.1 Å². The Labute approximate surface area is 135 Å². The highest BCUT2D eigenvalue weighted by molar-refractivity contribution is 5.92. The van der Waals surface area contributed by atoms with Crippen molar-refractivity contribution in [2.45, 2.75) is 19.9 Å². The minimum absolute atomic E-state index is 0.138. The van der Waals surface area contributed by atoms with Gasteiger partial charge >= 0.3 is 0 Å². The van der Waals surface area contributed by atoms with Crippen molar-refractivity contribution in [1.82, 2.24) is 5.32 Å². The number of nitrogens with one attached hydrogen (secondary N) is 1. The van der Waals surface area contributed by atoms with Crippen molar-refractivity contribution in [3.8, 4) is 0 Å². The van der Waals surface area contributed by atoms with E-state index in [1.807, 2.05) is 74.5 Å². The zero-order valence-electron chi connectivity index (χ0n) is 13.2. The van der Waals surface area contributed by atoms with E-state index in [0.29, 0.717) is 0 Å². The molecule has 1 N–H and O–H groups in total. The van der Waals surface area contributed by atoms with E-state index in [4.69, 9.17) is 4.42 Å². The molecule has 3 nitrogen and oxygen atoms in total. The van der Waals surface area contributed by atoms with E-state index < -0.39 is 0 Å². The van der Waals surface area contributed by atoms with Gasteiger partial charge in [-0.3, -0.25) is 4.79 Å². The minimum atomic E-state index is -0.184. The van der Waals surface area contributed by atoms with Crippen LogP contribution in [-0.4, -0.2) is 5.91 Å². The molecule has 0 unspecified atom stereocenters. The molecule has 1 aromatic heterocycles. The van der Waals surface area contributed by atoms with Crippen molar-refractivity contribution >= 4 is 23.0 Å². The van der Waals surface area contributed by atoms with Crippen LogP contribution < -0.4 is 5.32 Å². The highest BCUT2D eigenvalue weighted by atomic mass is 16.3. The summed E-state index contributed by atoms with van der Waals surface area (Å²) in [6.45, 7) is 3.94. The van der Waals surface area contributed by atoms with Crippen LogP contribution in [0.3, 0.4) is 0 Å². The summed E-state index contributed by atoms with van der Waals surface area (Å²) >= 11 is 0. The van der Waals surface area contributed by atoms with Gasteiger partial charge in [0.2, 0.25) is 5.91 Å². The van der Waals surface area contributed by atoms with Gasteiger partial charge in [-0.1, -0.05) is 42.5 Å². The van der Waals surface area contributed by atoms with E-state index in [2.05, 4.69) is 5.32 Å². The molecule has 0 aliphatic heterocycles. The second-order valence-corrected chi connectivity index (χ2v) is 5.61. The maximum absolute atomic E-state index is 12.1. The average molecular weight is 305 g/mol. The van der Waals surface area contributed by atoms with E-state index >= 15 is 0 Å². The number of amides is 1. The molecule has 0 saturated heterocycles. The Balaban J connectivity index is 1.68. The summed E-state index contributed by atoms with van der Waals surface area (Å²) in [5, 5.41) is 3.97. The van der Waals surface area contributed by atoms with Gasteiger partial charge in [0.05, 0.1) is 6.04 Å². The van der Waals surface area contributed by atoms with Crippen LogP contribution in [-0.2, 0) is 4.79 Å². The Hall–Kier alpha value is -2.81. The molecule has 3 rings (SSSR count). The maximum atomic E-state index is 12.1. The van der Waals surface area contributed by atoms with Crippen LogP contribution in [0.2, 0.25) is 0 Å². The van der Waals surface area contributed by atoms with E-state index in [1.54, 1.807) is 6.08 Å². The second-order valence-electron chi connectivity index (χ2n) is 5.61. The number of benzene rings is 2. The number of aryl methyl sites for hydroxylation is 1. The Morgan fingerprint density at radius 3 is 2.65 bits per heavy atom. The summed E-state index contributed by atoms with van der Waals surface area (Å²) in [6, 6.07) is 17.6. The van der Waals surface area contributed by atoms with E-state index in [1.165, 1.54) is 0 Å². The van der Waals surface area contributed by atoms with Gasteiger partial charge in [-0.15, -0.1) is 0 Å². The van der Waals surface area contributed by atoms with E-state index in [-0.39, 0.29) is 11.9 Å². The van der Waals surface area contributed by atoms with Crippen LogP contribution in [0.25, 0.3) is 17.0 Å². The molecule has 0 spiro atoms. The SMILES string of the molecule is Cc1ccccc1/C=C/C(=O)N[C@H](C)c1cc2ccccc2o1. The number of rotatable bonds is 4. The number of para-hydroxylation sites is 1. The fourth-order valence-corrected chi connectivity index (χ4v) is 2.49. The molecular weight excluding hydrogens is 286 g/mol. The van der Waals surface area contributed by atoms with Crippen LogP contribution in [0.1, 0.15) is 29.9 Å². The van der Waals surface area contributed by atoms with Gasteiger partial charge in [-0.25, -0.2) is 0 Å². The summed E-state index contributed by atoms with van der Waals surface area (Å²) < 4.78 is 5.77. The third-order valence-electron chi connectivity index (χ3n) is 3.83. The van der Waals surface area contributed by atoms with Gasteiger partial charge in [0, 0.05) is 11.5 Å². The maximum Gasteiger partial charge on any atom is 0.244 e. The van der Waals surface area contributed by atoms with Gasteiger partial charge in [-0.2, -0.15) is 0 Å². The van der Waals surface area contributed by atoms with Crippen molar-refractivity contribution in [2.75, 3.05) is 0 Å². The van der Waals surface area contributed by atoms with Gasteiger partial charge < -0.3 is 9.73 Å². The first-order valence-corrected chi connectivity index (χ1v) is 7.66. The van der Waals surface area contributed by atoms with Crippen molar-refractivity contribution in [2.24, 2.45) is 0 Å². The predicted octanol–water partition coefficient (Wildman–Crippen LogP) is 4.63. The number of furan rings is 1. The lowest BCUT2D eigenvalue weighted by atomic mass is 10.1. The van der Waals surface area contributed by atoms with Crippen LogP contribution in [0, 0.1) is 6.92 Å². The zero-order chi connectivity index (χ0) is 16.2. The summed E-state index contributed by atoms with van der Waals surface area (Å²) in [5.41, 5.74) is 3.01. The Bertz CT molecular complexity index is 828. The lowest BCUT2D eigenvalue weighted by Gasteiger charge is -2.09. The fraction of sp³-hybridized carbons (Fsp3) is 0.150. The molecule has 0 fully saturated rings. The highest BCUT2D eigenvalue weighted by Gasteiger charge is 2.12. The molecule has 23 heavy (non-hydrogen) atoms. The number of fused-ring (bicyclic) bond motifs is 1. The van der Waals surface area contributed by atoms with Gasteiger partial charge in [0.15, 0.2) is 0 Å². The molecule has 116 valence electrons. The zero-order valence-corrected chi connectivity index (χ0v) is 13.2. The normalized spacial score (nSPS) is 12.6. The lowest BCUT2D eigenvalue weighted by molar-refractivity contribution is -0.117. The molecule has 0 aliphatic rings. The van der Waals surface area contributed by atoms with E-state index in [0.717, 1.165) is 27.9 Å². The summed E-state index contributed by atoms with van der Waals surface area (Å²) in [6.07, 6.45) is 3.39. The van der Waals surface area contributed by atoms with Crippen molar-refractivity contribution < 1.29 is 9.21 Å². The summed E-state index contributed by atoms with van der Waals surface area (Å²) in [5.74, 6) is 0.616. The third kappa shape index (κ3) is 3.51. The first-order valence-electron chi connectivity index (χ1n) is 7.66. The molecule has 3 aromatic rings. The minimum Gasteiger partial charge on any atom is -0.459 e. The Morgan fingerprint density at radius 1 is 1.13 bits per heavy atom. The largest absolute Gasteiger partial charge is 0.459 e.